The smallest absolute Gasteiger partial charge is 0.00176 e. The third kappa shape index (κ3) is 1.11. The van der Waals surface area contributed by atoms with Gasteiger partial charge in [-0.1, -0.05) is 0 Å². The highest BCUT2D eigenvalue weighted by Crippen LogP contribution is 2.29. The first-order valence-corrected chi connectivity index (χ1v) is 3.99. The fourth-order valence-corrected chi connectivity index (χ4v) is 1.91. The molecular formula is C8H14N. The van der Waals surface area contributed by atoms with Gasteiger partial charge in [0, 0.05) is 0 Å². The highest BCUT2D eigenvalue weighted by atomic mass is 14.9. The van der Waals surface area contributed by atoms with Gasteiger partial charge in [0.15, 0.2) is 0 Å². The molecule has 3 rings (SSSR count). The Morgan fingerprint density at radius 3 is 3.00 bits per heavy atom. The van der Waals surface area contributed by atoms with Crippen LogP contribution in [0.1, 0.15) is 19.3 Å². The van der Waals surface area contributed by atoms with Crippen molar-refractivity contribution in [2.75, 3.05) is 13.1 Å². The molecule has 1 heteroatoms. The topological polar surface area (TPSA) is 12.0 Å². The first-order valence-electron chi connectivity index (χ1n) is 3.99. The van der Waals surface area contributed by atoms with Crippen molar-refractivity contribution >= 4 is 0 Å². The highest BCUT2D eigenvalue weighted by Gasteiger charge is 2.24. The number of rotatable bonds is 0. The molecule has 0 aromatic rings. The van der Waals surface area contributed by atoms with Crippen LogP contribution in [0.25, 0.3) is 0 Å². The van der Waals surface area contributed by atoms with Crippen LogP contribution in [0.5, 0.6) is 0 Å². The lowest BCUT2D eigenvalue weighted by atomic mass is 9.84. The molecule has 1 nitrogen and oxygen atoms in total. The Labute approximate surface area is 56.8 Å². The first-order chi connectivity index (χ1) is 4.45. The molecule has 2 aliphatic heterocycles. The maximum Gasteiger partial charge on any atom is -0.00176 e. The summed E-state index contributed by atoms with van der Waals surface area (Å²) in [7, 11) is 0. The predicted octanol–water partition coefficient (Wildman–Crippen LogP) is 1.21. The second-order valence-electron chi connectivity index (χ2n) is 3.33. The van der Waals surface area contributed by atoms with Crippen molar-refractivity contribution in [1.29, 1.82) is 0 Å². The van der Waals surface area contributed by atoms with Crippen LogP contribution in [0.4, 0.5) is 0 Å². The van der Waals surface area contributed by atoms with E-state index in [4.69, 9.17) is 0 Å². The summed E-state index contributed by atoms with van der Waals surface area (Å²) in [4.78, 5) is 0. The predicted molar refractivity (Wildman–Crippen MR) is 38.0 cm³/mol. The summed E-state index contributed by atoms with van der Waals surface area (Å²) in [5, 5.41) is 3.48. The van der Waals surface area contributed by atoms with E-state index in [0.29, 0.717) is 0 Å². The fourth-order valence-electron chi connectivity index (χ4n) is 1.91. The van der Waals surface area contributed by atoms with Gasteiger partial charge in [-0.25, -0.2) is 0 Å². The molecule has 1 N–H and O–H groups in total. The standard InChI is InChI=1S/C8H14N/c1-2-8-4-3-7(1)5-9-6-8/h1,7-9H,2-6H2. The van der Waals surface area contributed by atoms with Crippen molar-refractivity contribution in [2.45, 2.75) is 19.3 Å². The number of fused-ring (bicyclic) bond motifs is 4. The highest BCUT2D eigenvalue weighted by molar-refractivity contribution is 4.90. The van der Waals surface area contributed by atoms with Gasteiger partial charge < -0.3 is 5.32 Å². The lowest BCUT2D eigenvalue weighted by molar-refractivity contribution is 0.399. The lowest BCUT2D eigenvalue weighted by Crippen LogP contribution is -2.19. The van der Waals surface area contributed by atoms with Gasteiger partial charge in [-0.3, -0.25) is 0 Å². The molecule has 3 fully saturated rings. The lowest BCUT2D eigenvalue weighted by Gasteiger charge is -2.20. The fraction of sp³-hybridized carbons (Fsp3) is 0.875. The second kappa shape index (κ2) is 2.30. The number of nitrogens with one attached hydrogen (secondary N) is 1. The molecule has 1 saturated carbocycles. The zero-order valence-corrected chi connectivity index (χ0v) is 5.77. The van der Waals surface area contributed by atoms with Crippen LogP contribution in [0.15, 0.2) is 0 Å². The molecule has 1 radical (unpaired) electrons. The van der Waals surface area contributed by atoms with Gasteiger partial charge >= 0.3 is 0 Å². The van der Waals surface area contributed by atoms with Gasteiger partial charge in [-0.15, -0.1) is 0 Å². The quantitative estimate of drug-likeness (QED) is 0.512. The molecule has 0 amide bonds. The molecule has 51 valence electrons. The summed E-state index contributed by atoms with van der Waals surface area (Å²) in [5.41, 5.74) is 0. The van der Waals surface area contributed by atoms with Crippen molar-refractivity contribution < 1.29 is 0 Å². The minimum atomic E-state index is 0.906. The first kappa shape index (κ1) is 5.72. The molecule has 2 heterocycles. The Morgan fingerprint density at radius 1 is 1.22 bits per heavy atom. The molecule has 0 aromatic heterocycles. The van der Waals surface area contributed by atoms with E-state index in [1.807, 2.05) is 0 Å². The van der Waals surface area contributed by atoms with Crippen LogP contribution in [-0.2, 0) is 0 Å². The Balaban J connectivity index is 2.03. The van der Waals surface area contributed by atoms with Crippen LogP contribution < -0.4 is 5.32 Å². The van der Waals surface area contributed by atoms with Crippen molar-refractivity contribution in [3.05, 3.63) is 6.42 Å². The molecule has 2 bridgehead atoms. The molecular weight excluding hydrogens is 110 g/mol. The Kier molecular flexibility index (Phi) is 1.46. The second-order valence-corrected chi connectivity index (χ2v) is 3.33. The Bertz CT molecular complexity index is 75.2. The average Bonchev–Trinajstić information content (AvgIpc) is 2.21. The molecule has 9 heavy (non-hydrogen) atoms. The summed E-state index contributed by atoms with van der Waals surface area (Å²) in [6, 6.07) is 0. The maximum absolute atomic E-state index is 3.48. The van der Waals surface area contributed by atoms with Crippen LogP contribution in [0.3, 0.4) is 0 Å². The largest absolute Gasteiger partial charge is 0.316 e. The Hall–Kier alpha value is -0.0400. The summed E-state index contributed by atoms with van der Waals surface area (Å²) in [5.74, 6) is 1.88. The molecule has 2 atom stereocenters. The van der Waals surface area contributed by atoms with Crippen LogP contribution in [-0.4, -0.2) is 13.1 Å². The third-order valence-corrected chi connectivity index (χ3v) is 2.59. The maximum atomic E-state index is 3.48. The average molecular weight is 124 g/mol. The summed E-state index contributed by atoms with van der Waals surface area (Å²) >= 11 is 0. The third-order valence-electron chi connectivity index (χ3n) is 2.59. The van der Waals surface area contributed by atoms with Crippen LogP contribution >= 0.6 is 0 Å². The molecule has 2 unspecified atom stereocenters. The Morgan fingerprint density at radius 2 is 2.22 bits per heavy atom. The summed E-state index contributed by atoms with van der Waals surface area (Å²) < 4.78 is 0. The number of hydrogen-bond donors (Lipinski definition) is 1. The SMILES string of the molecule is [CH]1CC2CCC1CNC2. The van der Waals surface area contributed by atoms with E-state index in [9.17, 15) is 0 Å². The molecule has 1 aliphatic carbocycles. The van der Waals surface area contributed by atoms with Gasteiger partial charge in [0.25, 0.3) is 0 Å². The van der Waals surface area contributed by atoms with Gasteiger partial charge in [-0.2, -0.15) is 0 Å². The normalized spacial score (nSPS) is 42.7. The van der Waals surface area contributed by atoms with Crippen LogP contribution in [0.2, 0.25) is 0 Å². The summed E-state index contributed by atoms with van der Waals surface area (Å²) in [6.45, 7) is 2.52. The van der Waals surface area contributed by atoms with Gasteiger partial charge in [0.05, 0.1) is 0 Å². The number of hydrogen-bond acceptors (Lipinski definition) is 1. The van der Waals surface area contributed by atoms with Gasteiger partial charge in [0.2, 0.25) is 0 Å². The minimum Gasteiger partial charge on any atom is -0.316 e. The zero-order chi connectivity index (χ0) is 6.10. The van der Waals surface area contributed by atoms with E-state index in [1.165, 1.54) is 32.4 Å². The van der Waals surface area contributed by atoms with Crippen LogP contribution in [0, 0.1) is 18.3 Å². The van der Waals surface area contributed by atoms with Crippen molar-refractivity contribution in [1.82, 2.24) is 5.32 Å². The van der Waals surface area contributed by atoms with E-state index >= 15 is 0 Å². The molecule has 0 aromatic carbocycles. The van der Waals surface area contributed by atoms with E-state index in [2.05, 4.69) is 11.7 Å². The van der Waals surface area contributed by atoms with E-state index < -0.39 is 0 Å². The van der Waals surface area contributed by atoms with E-state index in [0.717, 1.165) is 11.8 Å². The molecule has 0 spiro atoms. The monoisotopic (exact) mass is 124 g/mol. The zero-order valence-electron chi connectivity index (χ0n) is 5.77. The van der Waals surface area contributed by atoms with E-state index in [1.54, 1.807) is 0 Å². The molecule has 2 saturated heterocycles. The summed E-state index contributed by atoms with van der Waals surface area (Å²) in [6.07, 6.45) is 6.79. The van der Waals surface area contributed by atoms with E-state index in [-0.39, 0.29) is 0 Å². The van der Waals surface area contributed by atoms with Gasteiger partial charge in [-0.05, 0) is 50.6 Å². The van der Waals surface area contributed by atoms with Crippen molar-refractivity contribution in [3.8, 4) is 0 Å². The van der Waals surface area contributed by atoms with Gasteiger partial charge in [0.1, 0.15) is 0 Å². The molecule has 3 aliphatic rings. The van der Waals surface area contributed by atoms with Crippen molar-refractivity contribution in [2.24, 2.45) is 11.8 Å². The van der Waals surface area contributed by atoms with Crippen molar-refractivity contribution in [3.63, 3.8) is 0 Å². The minimum absolute atomic E-state index is 0.906.